The average Bonchev–Trinajstić information content (AvgIpc) is 3.00. The molecular formula is C16H22F3NO3. The lowest BCUT2D eigenvalue weighted by Crippen LogP contribution is -2.45. The van der Waals surface area contributed by atoms with E-state index < -0.39 is 12.8 Å². The van der Waals surface area contributed by atoms with Crippen molar-refractivity contribution in [2.75, 3.05) is 20.3 Å². The quantitative estimate of drug-likeness (QED) is 0.805. The highest BCUT2D eigenvalue weighted by Crippen LogP contribution is 2.32. The fourth-order valence-corrected chi connectivity index (χ4v) is 2.83. The normalized spacial score (nSPS) is 17.3. The number of aliphatic hydroxyl groups excluding tert-OH is 1. The number of nitrogens with one attached hydrogen (secondary N) is 1. The molecule has 0 amide bonds. The lowest BCUT2D eigenvalue weighted by molar-refractivity contribution is -0.153. The molecule has 1 saturated carbocycles. The third-order valence-corrected chi connectivity index (χ3v) is 4.15. The van der Waals surface area contributed by atoms with Crippen molar-refractivity contribution in [1.29, 1.82) is 0 Å². The second kappa shape index (κ2) is 7.40. The Hall–Kier alpha value is -1.47. The van der Waals surface area contributed by atoms with Crippen LogP contribution in [0.2, 0.25) is 0 Å². The van der Waals surface area contributed by atoms with Crippen molar-refractivity contribution >= 4 is 0 Å². The molecule has 0 aliphatic heterocycles. The van der Waals surface area contributed by atoms with Gasteiger partial charge in [0.2, 0.25) is 0 Å². The first-order valence-corrected chi connectivity index (χ1v) is 7.60. The molecular weight excluding hydrogens is 311 g/mol. The molecule has 1 aromatic carbocycles. The number of hydrogen-bond acceptors (Lipinski definition) is 4. The van der Waals surface area contributed by atoms with Crippen molar-refractivity contribution < 1.29 is 27.8 Å². The summed E-state index contributed by atoms with van der Waals surface area (Å²) < 4.78 is 46.6. The van der Waals surface area contributed by atoms with E-state index in [1.807, 2.05) is 0 Å². The van der Waals surface area contributed by atoms with Crippen molar-refractivity contribution in [2.24, 2.45) is 0 Å². The Labute approximate surface area is 133 Å². The van der Waals surface area contributed by atoms with Crippen molar-refractivity contribution in [1.82, 2.24) is 5.32 Å². The number of halogens is 3. The van der Waals surface area contributed by atoms with Gasteiger partial charge in [0.1, 0.15) is 0 Å². The van der Waals surface area contributed by atoms with E-state index in [0.717, 1.165) is 31.2 Å². The SMILES string of the molecule is COc1cc(CNC2(CO)CCCC2)ccc1OCC(F)(F)F. The van der Waals surface area contributed by atoms with E-state index in [-0.39, 0.29) is 23.6 Å². The van der Waals surface area contributed by atoms with Crippen LogP contribution in [0.4, 0.5) is 13.2 Å². The lowest BCUT2D eigenvalue weighted by Gasteiger charge is -2.28. The van der Waals surface area contributed by atoms with Crippen LogP contribution in [0.25, 0.3) is 0 Å². The van der Waals surface area contributed by atoms with Gasteiger partial charge in [-0.1, -0.05) is 18.9 Å². The van der Waals surface area contributed by atoms with Crippen LogP contribution in [0.15, 0.2) is 18.2 Å². The average molecular weight is 333 g/mol. The molecule has 7 heteroatoms. The molecule has 0 spiro atoms. The maximum atomic E-state index is 12.2. The number of hydrogen-bond donors (Lipinski definition) is 2. The van der Waals surface area contributed by atoms with Gasteiger partial charge in [0.25, 0.3) is 0 Å². The minimum atomic E-state index is -4.39. The Kier molecular flexibility index (Phi) is 5.75. The summed E-state index contributed by atoms with van der Waals surface area (Å²) in [6, 6.07) is 4.82. The van der Waals surface area contributed by atoms with Crippen LogP contribution in [0, 0.1) is 0 Å². The molecule has 0 unspecified atom stereocenters. The smallest absolute Gasteiger partial charge is 0.422 e. The Morgan fingerprint density at radius 2 is 1.91 bits per heavy atom. The third-order valence-electron chi connectivity index (χ3n) is 4.15. The maximum absolute atomic E-state index is 12.2. The maximum Gasteiger partial charge on any atom is 0.422 e. The molecule has 1 aromatic rings. The predicted molar refractivity (Wildman–Crippen MR) is 79.7 cm³/mol. The zero-order valence-corrected chi connectivity index (χ0v) is 13.1. The van der Waals surface area contributed by atoms with Gasteiger partial charge in [-0.05, 0) is 30.5 Å². The van der Waals surface area contributed by atoms with Crippen LogP contribution in [0.5, 0.6) is 11.5 Å². The van der Waals surface area contributed by atoms with Gasteiger partial charge in [-0.15, -0.1) is 0 Å². The van der Waals surface area contributed by atoms with Gasteiger partial charge in [-0.3, -0.25) is 0 Å². The van der Waals surface area contributed by atoms with E-state index in [9.17, 15) is 18.3 Å². The molecule has 1 aliphatic rings. The topological polar surface area (TPSA) is 50.7 Å². The van der Waals surface area contributed by atoms with Crippen molar-refractivity contribution in [3.8, 4) is 11.5 Å². The molecule has 130 valence electrons. The van der Waals surface area contributed by atoms with E-state index in [2.05, 4.69) is 5.32 Å². The summed E-state index contributed by atoms with van der Waals surface area (Å²) in [7, 11) is 1.39. The van der Waals surface area contributed by atoms with Crippen LogP contribution in [0.3, 0.4) is 0 Å². The van der Waals surface area contributed by atoms with Gasteiger partial charge < -0.3 is 19.9 Å². The predicted octanol–water partition coefficient (Wildman–Crippen LogP) is 3.03. The fourth-order valence-electron chi connectivity index (χ4n) is 2.83. The van der Waals surface area contributed by atoms with Gasteiger partial charge in [0, 0.05) is 12.1 Å². The molecule has 2 N–H and O–H groups in total. The minimum absolute atomic E-state index is 0.0614. The van der Waals surface area contributed by atoms with Crippen LogP contribution in [0.1, 0.15) is 31.2 Å². The number of ether oxygens (including phenoxy) is 2. The van der Waals surface area contributed by atoms with Crippen molar-refractivity contribution in [3.63, 3.8) is 0 Å². The standard InChI is InChI=1S/C16H22F3NO3/c1-22-14-8-12(4-5-13(14)23-11-16(17,18)19)9-20-15(10-21)6-2-3-7-15/h4-5,8,20-21H,2-3,6-7,9-11H2,1H3. The number of benzene rings is 1. The van der Waals surface area contributed by atoms with Crippen molar-refractivity contribution in [2.45, 2.75) is 43.9 Å². The molecule has 4 nitrogen and oxygen atoms in total. The van der Waals surface area contributed by atoms with E-state index in [0.29, 0.717) is 6.54 Å². The largest absolute Gasteiger partial charge is 0.493 e. The molecule has 0 atom stereocenters. The Morgan fingerprint density at radius 3 is 2.48 bits per heavy atom. The molecule has 23 heavy (non-hydrogen) atoms. The lowest BCUT2D eigenvalue weighted by atomic mass is 9.98. The summed E-state index contributed by atoms with van der Waals surface area (Å²) in [6.45, 7) is -0.762. The fraction of sp³-hybridized carbons (Fsp3) is 0.625. The Balaban J connectivity index is 2.00. The zero-order valence-electron chi connectivity index (χ0n) is 13.1. The number of rotatable bonds is 7. The first kappa shape index (κ1) is 17.9. The van der Waals surface area contributed by atoms with E-state index in [1.165, 1.54) is 13.2 Å². The van der Waals surface area contributed by atoms with Gasteiger partial charge in [-0.2, -0.15) is 13.2 Å². The van der Waals surface area contributed by atoms with Gasteiger partial charge in [0.05, 0.1) is 13.7 Å². The van der Waals surface area contributed by atoms with Crippen LogP contribution in [-0.2, 0) is 6.54 Å². The van der Waals surface area contributed by atoms with Gasteiger partial charge in [0.15, 0.2) is 18.1 Å². The Bertz CT molecular complexity index is 514. The first-order chi connectivity index (χ1) is 10.9. The molecule has 0 heterocycles. The number of alkyl halides is 3. The highest BCUT2D eigenvalue weighted by Gasteiger charge is 2.32. The Morgan fingerprint density at radius 1 is 1.22 bits per heavy atom. The van der Waals surface area contributed by atoms with Crippen LogP contribution >= 0.6 is 0 Å². The van der Waals surface area contributed by atoms with E-state index in [1.54, 1.807) is 12.1 Å². The second-order valence-electron chi connectivity index (χ2n) is 5.89. The highest BCUT2D eigenvalue weighted by molar-refractivity contribution is 5.43. The molecule has 0 aromatic heterocycles. The molecule has 1 aliphatic carbocycles. The number of aliphatic hydroxyl groups is 1. The van der Waals surface area contributed by atoms with Gasteiger partial charge in [-0.25, -0.2) is 0 Å². The minimum Gasteiger partial charge on any atom is -0.493 e. The van der Waals surface area contributed by atoms with Gasteiger partial charge >= 0.3 is 6.18 Å². The second-order valence-corrected chi connectivity index (χ2v) is 5.89. The zero-order chi connectivity index (χ0) is 16.9. The van der Waals surface area contributed by atoms with Crippen LogP contribution in [-0.4, -0.2) is 37.1 Å². The summed E-state index contributed by atoms with van der Waals surface area (Å²) in [5, 5.41) is 12.9. The van der Waals surface area contributed by atoms with Crippen molar-refractivity contribution in [3.05, 3.63) is 23.8 Å². The molecule has 0 bridgehead atoms. The molecule has 1 fully saturated rings. The molecule has 2 rings (SSSR count). The summed E-state index contributed by atoms with van der Waals surface area (Å²) in [6.07, 6.45) is -0.371. The number of methoxy groups -OCH3 is 1. The summed E-state index contributed by atoms with van der Waals surface area (Å²) in [5.41, 5.74) is 0.611. The summed E-state index contributed by atoms with van der Waals surface area (Å²) in [4.78, 5) is 0. The summed E-state index contributed by atoms with van der Waals surface area (Å²) >= 11 is 0. The van der Waals surface area contributed by atoms with E-state index in [4.69, 9.17) is 9.47 Å². The van der Waals surface area contributed by atoms with E-state index >= 15 is 0 Å². The van der Waals surface area contributed by atoms with Crippen LogP contribution < -0.4 is 14.8 Å². The summed E-state index contributed by atoms with van der Waals surface area (Å²) in [5.74, 6) is 0.323. The molecule has 0 radical (unpaired) electrons. The highest BCUT2D eigenvalue weighted by atomic mass is 19.4. The monoisotopic (exact) mass is 333 g/mol. The first-order valence-electron chi connectivity index (χ1n) is 7.60. The third kappa shape index (κ3) is 5.00. The molecule has 0 saturated heterocycles.